The van der Waals surface area contributed by atoms with Gasteiger partial charge >= 0.3 is 0 Å². The van der Waals surface area contributed by atoms with E-state index in [9.17, 15) is 0 Å². The topological polar surface area (TPSA) is 56.7 Å². The Morgan fingerprint density at radius 3 is 2.67 bits per heavy atom. The van der Waals surface area contributed by atoms with Crippen LogP contribution in [0.4, 0.5) is 5.69 Å². The minimum absolute atomic E-state index is 0.764. The van der Waals surface area contributed by atoms with E-state index in [0.717, 1.165) is 30.0 Å². The van der Waals surface area contributed by atoms with Crippen molar-refractivity contribution in [3.05, 3.63) is 30.6 Å². The highest BCUT2D eigenvalue weighted by Crippen LogP contribution is 2.18. The van der Waals surface area contributed by atoms with Gasteiger partial charge in [-0.05, 0) is 30.7 Å². The van der Waals surface area contributed by atoms with Gasteiger partial charge in [0.15, 0.2) is 5.82 Å². The Morgan fingerprint density at radius 1 is 1.27 bits per heavy atom. The highest BCUT2D eigenvalue weighted by molar-refractivity contribution is 5.58. The van der Waals surface area contributed by atoms with Crippen LogP contribution in [0.15, 0.2) is 30.6 Å². The van der Waals surface area contributed by atoms with E-state index in [1.807, 2.05) is 28.8 Å². The molecule has 1 aromatic heterocycles. The van der Waals surface area contributed by atoms with Crippen molar-refractivity contribution in [2.24, 2.45) is 0 Å². The first-order chi connectivity index (χ1) is 7.31. The maximum Gasteiger partial charge on any atom is 0.163 e. The molecule has 0 unspecified atom stereocenters. The highest BCUT2D eigenvalue weighted by Gasteiger charge is 2.05. The Hall–Kier alpha value is -1.84. The molecule has 0 saturated carbocycles. The fraction of sp³-hybridized carbons (Fsp3) is 0.273. The molecular formula is C11H14N4. The Labute approximate surface area is 88.8 Å². The molecule has 0 spiro atoms. The molecular weight excluding hydrogens is 188 g/mol. The van der Waals surface area contributed by atoms with E-state index in [2.05, 4.69) is 17.1 Å². The van der Waals surface area contributed by atoms with Crippen LogP contribution < -0.4 is 5.73 Å². The van der Waals surface area contributed by atoms with Gasteiger partial charge in [-0.1, -0.05) is 6.92 Å². The van der Waals surface area contributed by atoms with Crippen LogP contribution in [0.5, 0.6) is 0 Å². The quantitative estimate of drug-likeness (QED) is 0.774. The van der Waals surface area contributed by atoms with E-state index < -0.39 is 0 Å². The third-order valence-electron chi connectivity index (χ3n) is 2.25. The van der Waals surface area contributed by atoms with Gasteiger partial charge in [0.25, 0.3) is 0 Å². The van der Waals surface area contributed by atoms with Crippen molar-refractivity contribution in [3.63, 3.8) is 0 Å². The molecule has 4 nitrogen and oxygen atoms in total. The minimum Gasteiger partial charge on any atom is -0.399 e. The Bertz CT molecular complexity index is 430. The number of nitrogen functional groups attached to an aromatic ring is 1. The van der Waals surface area contributed by atoms with Crippen LogP contribution in [0.1, 0.15) is 13.3 Å². The van der Waals surface area contributed by atoms with Crippen molar-refractivity contribution in [2.75, 3.05) is 5.73 Å². The van der Waals surface area contributed by atoms with E-state index in [1.54, 1.807) is 6.33 Å². The summed E-state index contributed by atoms with van der Waals surface area (Å²) in [6, 6.07) is 7.68. The first kappa shape index (κ1) is 9.71. The first-order valence-electron chi connectivity index (χ1n) is 5.05. The molecule has 1 heterocycles. The summed E-state index contributed by atoms with van der Waals surface area (Å²) in [5, 5.41) is 8.03. The van der Waals surface area contributed by atoms with E-state index in [-0.39, 0.29) is 0 Å². The van der Waals surface area contributed by atoms with Crippen molar-refractivity contribution >= 4 is 5.69 Å². The van der Waals surface area contributed by atoms with E-state index in [1.165, 1.54) is 0 Å². The van der Waals surface area contributed by atoms with Crippen LogP contribution in [-0.2, 0) is 6.54 Å². The summed E-state index contributed by atoms with van der Waals surface area (Å²) in [7, 11) is 0. The highest BCUT2D eigenvalue weighted by atomic mass is 15.3. The van der Waals surface area contributed by atoms with Crippen LogP contribution in [0, 0.1) is 0 Å². The molecule has 2 rings (SSSR count). The zero-order valence-electron chi connectivity index (χ0n) is 8.72. The van der Waals surface area contributed by atoms with Gasteiger partial charge in [0.2, 0.25) is 0 Å². The van der Waals surface area contributed by atoms with Crippen molar-refractivity contribution in [1.82, 2.24) is 14.8 Å². The summed E-state index contributed by atoms with van der Waals surface area (Å²) in [5.74, 6) is 0.900. The molecule has 0 saturated heterocycles. The summed E-state index contributed by atoms with van der Waals surface area (Å²) in [6.45, 7) is 3.07. The third kappa shape index (κ3) is 1.98. The lowest BCUT2D eigenvalue weighted by molar-refractivity contribution is 0.683. The number of nitrogens with zero attached hydrogens (tertiary/aromatic N) is 3. The number of benzene rings is 1. The second kappa shape index (κ2) is 4.13. The van der Waals surface area contributed by atoms with E-state index in [4.69, 9.17) is 5.73 Å². The lowest BCUT2D eigenvalue weighted by atomic mass is 10.2. The van der Waals surface area contributed by atoms with Crippen LogP contribution in [0.3, 0.4) is 0 Å². The van der Waals surface area contributed by atoms with Gasteiger partial charge in [-0.2, -0.15) is 0 Å². The molecule has 2 N–H and O–H groups in total. The van der Waals surface area contributed by atoms with Gasteiger partial charge in [0.05, 0.1) is 0 Å². The fourth-order valence-corrected chi connectivity index (χ4v) is 1.52. The van der Waals surface area contributed by atoms with Crippen LogP contribution in [0.2, 0.25) is 0 Å². The second-order valence-electron chi connectivity index (χ2n) is 3.47. The average Bonchev–Trinajstić information content (AvgIpc) is 2.68. The number of aryl methyl sites for hydroxylation is 1. The molecule has 0 aliphatic carbocycles. The van der Waals surface area contributed by atoms with Crippen molar-refractivity contribution in [3.8, 4) is 11.4 Å². The third-order valence-corrected chi connectivity index (χ3v) is 2.25. The van der Waals surface area contributed by atoms with Gasteiger partial charge in [-0.25, -0.2) is 0 Å². The van der Waals surface area contributed by atoms with Gasteiger partial charge in [0.1, 0.15) is 6.33 Å². The van der Waals surface area contributed by atoms with Crippen molar-refractivity contribution in [2.45, 2.75) is 19.9 Å². The molecule has 2 aromatic rings. The molecule has 0 amide bonds. The number of hydrogen-bond acceptors (Lipinski definition) is 3. The van der Waals surface area contributed by atoms with Crippen LogP contribution >= 0.6 is 0 Å². The monoisotopic (exact) mass is 202 g/mol. The number of rotatable bonds is 3. The maximum atomic E-state index is 5.63. The molecule has 15 heavy (non-hydrogen) atoms. The molecule has 0 aliphatic rings. The Kier molecular flexibility index (Phi) is 2.67. The molecule has 78 valence electrons. The van der Waals surface area contributed by atoms with Crippen LogP contribution in [-0.4, -0.2) is 14.8 Å². The number of nitrogens with two attached hydrogens (primary N) is 1. The molecule has 0 radical (unpaired) electrons. The Morgan fingerprint density at radius 2 is 2.00 bits per heavy atom. The number of hydrogen-bond donors (Lipinski definition) is 1. The zero-order valence-corrected chi connectivity index (χ0v) is 8.72. The van der Waals surface area contributed by atoms with Gasteiger partial charge < -0.3 is 10.3 Å². The van der Waals surface area contributed by atoms with Gasteiger partial charge in [-0.15, -0.1) is 10.2 Å². The number of aromatic nitrogens is 3. The van der Waals surface area contributed by atoms with Crippen LogP contribution in [0.25, 0.3) is 11.4 Å². The SMILES string of the molecule is CCCn1cnnc1-c1ccc(N)cc1. The summed E-state index contributed by atoms with van der Waals surface area (Å²) >= 11 is 0. The average molecular weight is 202 g/mol. The fourth-order valence-electron chi connectivity index (χ4n) is 1.52. The molecule has 0 atom stereocenters. The van der Waals surface area contributed by atoms with Crippen molar-refractivity contribution in [1.29, 1.82) is 0 Å². The van der Waals surface area contributed by atoms with E-state index in [0.29, 0.717) is 0 Å². The number of anilines is 1. The van der Waals surface area contributed by atoms with Crippen molar-refractivity contribution < 1.29 is 0 Å². The summed E-state index contributed by atoms with van der Waals surface area (Å²) in [4.78, 5) is 0. The lowest BCUT2D eigenvalue weighted by Gasteiger charge is -2.04. The normalized spacial score (nSPS) is 10.5. The summed E-state index contributed by atoms with van der Waals surface area (Å²) in [6.07, 6.45) is 2.83. The summed E-state index contributed by atoms with van der Waals surface area (Å²) in [5.41, 5.74) is 7.45. The lowest BCUT2D eigenvalue weighted by Crippen LogP contribution is -1.98. The second-order valence-corrected chi connectivity index (χ2v) is 3.47. The molecule has 4 heteroatoms. The molecule has 0 fully saturated rings. The van der Waals surface area contributed by atoms with E-state index >= 15 is 0 Å². The standard InChI is InChI=1S/C11H14N4/c1-2-7-15-8-13-14-11(15)9-3-5-10(12)6-4-9/h3-6,8H,2,7,12H2,1H3. The Balaban J connectivity index is 2.36. The van der Waals surface area contributed by atoms with Gasteiger partial charge in [0, 0.05) is 17.8 Å². The first-order valence-corrected chi connectivity index (χ1v) is 5.05. The predicted molar refractivity (Wildman–Crippen MR) is 60.2 cm³/mol. The largest absolute Gasteiger partial charge is 0.399 e. The smallest absolute Gasteiger partial charge is 0.163 e. The van der Waals surface area contributed by atoms with Gasteiger partial charge in [-0.3, -0.25) is 0 Å². The molecule has 1 aromatic carbocycles. The predicted octanol–water partition coefficient (Wildman–Crippen LogP) is 1.94. The molecule has 0 bridgehead atoms. The minimum atomic E-state index is 0.764. The maximum absolute atomic E-state index is 5.63. The zero-order chi connectivity index (χ0) is 10.7. The summed E-state index contributed by atoms with van der Waals surface area (Å²) < 4.78 is 2.05. The molecule has 0 aliphatic heterocycles.